The van der Waals surface area contributed by atoms with Crippen LogP contribution in [0.15, 0.2) is 72.8 Å². The molecule has 3 aromatic rings. The lowest BCUT2D eigenvalue weighted by atomic mass is 9.72. The largest absolute Gasteiger partial charge is 0.462 e. The molecule has 0 saturated heterocycles. The van der Waals surface area contributed by atoms with Gasteiger partial charge < -0.3 is 4.74 Å². The molecule has 1 aliphatic carbocycles. The summed E-state index contributed by atoms with van der Waals surface area (Å²) in [5, 5.41) is 0. The van der Waals surface area contributed by atoms with Crippen molar-refractivity contribution in [3.63, 3.8) is 0 Å². The summed E-state index contributed by atoms with van der Waals surface area (Å²) in [5.74, 6) is 5.85. The Labute approximate surface area is 188 Å². The molecule has 0 atom stereocenters. The number of halogens is 1. The van der Waals surface area contributed by atoms with E-state index < -0.39 is 0 Å². The monoisotopic (exact) mass is 424 g/mol. The molecule has 0 amide bonds. The second kappa shape index (κ2) is 8.85. The normalized spacial score (nSPS) is 13.9. The van der Waals surface area contributed by atoms with E-state index in [0.29, 0.717) is 12.2 Å². The Morgan fingerprint density at radius 3 is 2.31 bits per heavy atom. The summed E-state index contributed by atoms with van der Waals surface area (Å²) in [5.41, 5.74) is 6.79. The van der Waals surface area contributed by atoms with Gasteiger partial charge in [-0.2, -0.15) is 0 Å². The van der Waals surface area contributed by atoms with Crippen LogP contribution in [0.25, 0.3) is 5.57 Å². The molecule has 0 N–H and O–H groups in total. The van der Waals surface area contributed by atoms with Gasteiger partial charge in [0.2, 0.25) is 0 Å². The van der Waals surface area contributed by atoms with Crippen molar-refractivity contribution in [1.82, 2.24) is 0 Å². The molecule has 2 nitrogen and oxygen atoms in total. The lowest BCUT2D eigenvalue weighted by molar-refractivity contribution is 0.0526. The lowest BCUT2D eigenvalue weighted by Crippen LogP contribution is -2.22. The molecule has 0 bridgehead atoms. The van der Waals surface area contributed by atoms with E-state index in [1.807, 2.05) is 30.3 Å². The van der Waals surface area contributed by atoms with Crippen LogP contribution in [0.3, 0.4) is 0 Å². The Morgan fingerprint density at radius 2 is 1.62 bits per heavy atom. The third-order valence-corrected chi connectivity index (χ3v) is 5.76. The van der Waals surface area contributed by atoms with Crippen LogP contribution in [0.4, 0.5) is 4.39 Å². The molecule has 0 fully saturated rings. The molecule has 0 spiro atoms. The molecular formula is C29H25FO2. The molecular weight excluding hydrogens is 399 g/mol. The molecule has 0 heterocycles. The highest BCUT2D eigenvalue weighted by atomic mass is 19.1. The van der Waals surface area contributed by atoms with E-state index in [9.17, 15) is 9.18 Å². The summed E-state index contributed by atoms with van der Waals surface area (Å²) in [7, 11) is 0. The minimum atomic E-state index is -0.329. The SMILES string of the molecule is CCOC(=O)c1ccc(C#Cc2ccc3c(c2)C(c2ccc(F)cc2)=CCC3(C)C)cc1. The zero-order valence-electron chi connectivity index (χ0n) is 18.5. The summed E-state index contributed by atoms with van der Waals surface area (Å²) in [6.07, 6.45) is 3.16. The van der Waals surface area contributed by atoms with Gasteiger partial charge in [0.25, 0.3) is 0 Å². The first-order valence-electron chi connectivity index (χ1n) is 10.8. The summed E-state index contributed by atoms with van der Waals surface area (Å²) in [6, 6.07) is 20.1. The average molecular weight is 425 g/mol. The van der Waals surface area contributed by atoms with Gasteiger partial charge in [0.05, 0.1) is 12.2 Å². The molecule has 1 aliphatic rings. The Morgan fingerprint density at radius 1 is 0.969 bits per heavy atom. The third-order valence-electron chi connectivity index (χ3n) is 5.76. The molecule has 0 aromatic heterocycles. The molecule has 3 aromatic carbocycles. The number of fused-ring (bicyclic) bond motifs is 1. The number of hydrogen-bond acceptors (Lipinski definition) is 2. The van der Waals surface area contributed by atoms with Gasteiger partial charge in [-0.05, 0) is 89.6 Å². The number of rotatable bonds is 3. The van der Waals surface area contributed by atoms with Crippen molar-refractivity contribution in [2.75, 3.05) is 6.61 Å². The Balaban J connectivity index is 1.66. The van der Waals surface area contributed by atoms with E-state index in [0.717, 1.165) is 34.2 Å². The van der Waals surface area contributed by atoms with Gasteiger partial charge in [-0.1, -0.05) is 50.0 Å². The molecule has 0 radical (unpaired) electrons. The molecule has 0 unspecified atom stereocenters. The fourth-order valence-electron chi connectivity index (χ4n) is 3.96. The Bertz CT molecular complexity index is 1240. The zero-order chi connectivity index (χ0) is 22.7. The van der Waals surface area contributed by atoms with Crippen LogP contribution >= 0.6 is 0 Å². The molecule has 160 valence electrons. The number of hydrogen-bond donors (Lipinski definition) is 0. The van der Waals surface area contributed by atoms with Crippen LogP contribution in [0.5, 0.6) is 0 Å². The van der Waals surface area contributed by atoms with Crippen LogP contribution in [-0.2, 0) is 10.2 Å². The van der Waals surface area contributed by atoms with Crippen molar-refractivity contribution >= 4 is 11.5 Å². The highest BCUT2D eigenvalue weighted by Crippen LogP contribution is 2.41. The lowest BCUT2D eigenvalue weighted by Gasteiger charge is -2.32. The van der Waals surface area contributed by atoms with E-state index >= 15 is 0 Å². The molecule has 0 saturated carbocycles. The maximum atomic E-state index is 13.4. The summed E-state index contributed by atoms with van der Waals surface area (Å²) in [6.45, 7) is 6.61. The number of ether oxygens (including phenoxy) is 1. The minimum Gasteiger partial charge on any atom is -0.462 e. The van der Waals surface area contributed by atoms with E-state index in [1.54, 1.807) is 19.1 Å². The Kier molecular flexibility index (Phi) is 5.97. The number of carbonyl (C=O) groups is 1. The highest BCUT2D eigenvalue weighted by molar-refractivity contribution is 5.89. The van der Waals surface area contributed by atoms with Crippen LogP contribution < -0.4 is 0 Å². The van der Waals surface area contributed by atoms with Gasteiger partial charge in [0, 0.05) is 11.1 Å². The van der Waals surface area contributed by atoms with Crippen LogP contribution in [0, 0.1) is 17.7 Å². The maximum absolute atomic E-state index is 13.4. The first-order chi connectivity index (χ1) is 15.4. The van der Waals surface area contributed by atoms with Crippen molar-refractivity contribution < 1.29 is 13.9 Å². The topological polar surface area (TPSA) is 26.3 Å². The van der Waals surface area contributed by atoms with Crippen molar-refractivity contribution in [2.24, 2.45) is 0 Å². The standard InChI is InChI=1S/C29H25FO2/c1-4-32-28(31)23-10-7-20(8-11-23)5-6-21-9-16-27-26(19-21)25(17-18-29(27,2)3)22-12-14-24(30)15-13-22/h7-17,19H,4,18H2,1-3H3. The molecule has 4 rings (SSSR count). The van der Waals surface area contributed by atoms with Gasteiger partial charge in [-0.25, -0.2) is 9.18 Å². The van der Waals surface area contributed by atoms with Crippen molar-refractivity contribution in [3.8, 4) is 11.8 Å². The van der Waals surface area contributed by atoms with Gasteiger partial charge >= 0.3 is 5.97 Å². The van der Waals surface area contributed by atoms with E-state index in [-0.39, 0.29) is 17.2 Å². The van der Waals surface area contributed by atoms with Gasteiger partial charge in [0.15, 0.2) is 0 Å². The first kappa shape index (κ1) is 21.6. The zero-order valence-corrected chi connectivity index (χ0v) is 18.5. The summed E-state index contributed by atoms with van der Waals surface area (Å²) >= 11 is 0. The predicted octanol–water partition coefficient (Wildman–Crippen LogP) is 6.52. The van der Waals surface area contributed by atoms with Crippen molar-refractivity contribution in [2.45, 2.75) is 32.6 Å². The Hall–Kier alpha value is -3.64. The number of carbonyl (C=O) groups excluding carboxylic acids is 1. The summed E-state index contributed by atoms with van der Waals surface area (Å²) in [4.78, 5) is 11.8. The molecule has 0 aliphatic heterocycles. The van der Waals surface area contributed by atoms with Crippen molar-refractivity contribution in [1.29, 1.82) is 0 Å². The average Bonchev–Trinajstić information content (AvgIpc) is 2.79. The third kappa shape index (κ3) is 4.50. The summed E-state index contributed by atoms with van der Waals surface area (Å²) < 4.78 is 18.5. The van der Waals surface area contributed by atoms with E-state index in [2.05, 4.69) is 43.9 Å². The second-order valence-corrected chi connectivity index (χ2v) is 8.52. The number of esters is 1. The first-order valence-corrected chi connectivity index (χ1v) is 10.8. The van der Waals surface area contributed by atoms with Gasteiger partial charge in [-0.3, -0.25) is 0 Å². The maximum Gasteiger partial charge on any atom is 0.338 e. The van der Waals surface area contributed by atoms with Gasteiger partial charge in [-0.15, -0.1) is 0 Å². The fourth-order valence-corrected chi connectivity index (χ4v) is 3.96. The van der Waals surface area contributed by atoms with E-state index in [4.69, 9.17) is 4.74 Å². The van der Waals surface area contributed by atoms with E-state index in [1.165, 1.54) is 17.7 Å². The number of allylic oxidation sites excluding steroid dienone is 1. The van der Waals surface area contributed by atoms with Crippen molar-refractivity contribution in [3.05, 3.63) is 112 Å². The van der Waals surface area contributed by atoms with Crippen LogP contribution in [0.1, 0.15) is 65.4 Å². The van der Waals surface area contributed by atoms with Crippen LogP contribution in [0.2, 0.25) is 0 Å². The van der Waals surface area contributed by atoms with Crippen LogP contribution in [-0.4, -0.2) is 12.6 Å². The van der Waals surface area contributed by atoms with Gasteiger partial charge in [0.1, 0.15) is 5.82 Å². The number of benzene rings is 3. The highest BCUT2D eigenvalue weighted by Gasteiger charge is 2.28. The fraction of sp³-hybridized carbons (Fsp3) is 0.207. The second-order valence-electron chi connectivity index (χ2n) is 8.52. The quantitative estimate of drug-likeness (QED) is 0.354. The molecule has 3 heteroatoms. The predicted molar refractivity (Wildman–Crippen MR) is 126 cm³/mol. The minimum absolute atomic E-state index is 0.0216. The molecule has 32 heavy (non-hydrogen) atoms. The smallest absolute Gasteiger partial charge is 0.338 e.